The van der Waals surface area contributed by atoms with Crippen LogP contribution in [-0.2, 0) is 11.2 Å². The van der Waals surface area contributed by atoms with Crippen molar-refractivity contribution in [3.8, 4) is 0 Å². The average molecular weight is 764 g/mol. The van der Waals surface area contributed by atoms with Gasteiger partial charge in [-0.3, -0.25) is 14.6 Å². The lowest BCUT2D eigenvalue weighted by Gasteiger charge is -2.47. The molecule has 4 aliphatic rings. The van der Waals surface area contributed by atoms with Gasteiger partial charge in [-0.25, -0.2) is 9.79 Å². The number of H-pyrrole nitrogens is 1. The molecule has 0 unspecified atom stereocenters. The first-order chi connectivity index (χ1) is 26.6. The lowest BCUT2D eigenvalue weighted by molar-refractivity contribution is -0.135. The Balaban J connectivity index is 0.000000183. The van der Waals surface area contributed by atoms with Crippen LogP contribution in [0.4, 0.5) is 21.2 Å². The van der Waals surface area contributed by atoms with E-state index in [1.807, 2.05) is 27.1 Å². The highest BCUT2D eigenvalue weighted by Gasteiger charge is 2.44. The summed E-state index contributed by atoms with van der Waals surface area (Å²) in [5.74, 6) is 1.10. The first kappa shape index (κ1) is 38.8. The van der Waals surface area contributed by atoms with Crippen LogP contribution < -0.4 is 10.6 Å². The summed E-state index contributed by atoms with van der Waals surface area (Å²) >= 11 is 1.81. The number of hydrogen-bond acceptors (Lipinski definition) is 9. The SMILES string of the molecule is C=CCN1C[C@H](C(=O)N(CCCN(C)C)C(=O)NCC)C[C@@H]2c3cccc4[nH]cc(c34)C[C@H]21.Cc1cc2c(s1)Nc1ccccc1N=C2N1CCN(C)CC1. The molecule has 0 bridgehead atoms. The fraction of sp³-hybridized carbons (Fsp3) is 0.465. The van der Waals surface area contributed by atoms with Crippen LogP contribution in [0.2, 0.25) is 0 Å². The first-order valence-corrected chi connectivity index (χ1v) is 20.6. The molecule has 0 saturated carbocycles. The molecule has 3 amide bonds. The van der Waals surface area contributed by atoms with Crippen LogP contribution in [0.15, 0.2) is 72.4 Å². The number of piperidine rings is 1. The van der Waals surface area contributed by atoms with Gasteiger partial charge in [0.25, 0.3) is 0 Å². The molecule has 0 spiro atoms. The lowest BCUT2D eigenvalue weighted by Crippen LogP contribution is -2.55. The third kappa shape index (κ3) is 8.38. The van der Waals surface area contributed by atoms with Crippen molar-refractivity contribution < 1.29 is 9.59 Å². The number of anilines is 2. The zero-order valence-corrected chi connectivity index (χ0v) is 33.9. The molecule has 1 aliphatic carbocycles. The van der Waals surface area contributed by atoms with E-state index in [4.69, 9.17) is 4.99 Å². The number of aliphatic imine (C=N–C) groups is 1. The second-order valence-corrected chi connectivity index (χ2v) is 16.8. The van der Waals surface area contributed by atoms with Gasteiger partial charge >= 0.3 is 6.03 Å². The summed E-state index contributed by atoms with van der Waals surface area (Å²) < 4.78 is 0. The fourth-order valence-electron chi connectivity index (χ4n) is 8.68. The number of aryl methyl sites for hydroxylation is 1. The number of carbonyl (C=O) groups is 2. The number of benzene rings is 2. The number of likely N-dealkylation sites (N-methyl/N-ethyl adjacent to an activating group) is 1. The van der Waals surface area contributed by atoms with Crippen molar-refractivity contribution in [1.29, 1.82) is 0 Å². The van der Waals surface area contributed by atoms with Crippen LogP contribution in [0, 0.1) is 12.8 Å². The summed E-state index contributed by atoms with van der Waals surface area (Å²) in [6.45, 7) is 15.4. The molecule has 0 radical (unpaired) electrons. The summed E-state index contributed by atoms with van der Waals surface area (Å²) in [5, 5.41) is 8.93. The minimum atomic E-state index is -0.280. The van der Waals surface area contributed by atoms with Gasteiger partial charge in [-0.1, -0.05) is 30.3 Å². The minimum absolute atomic E-state index is 0.0562. The van der Waals surface area contributed by atoms with E-state index in [0.29, 0.717) is 25.7 Å². The number of nitrogens with one attached hydrogen (secondary N) is 3. The predicted octanol–water partition coefficient (Wildman–Crippen LogP) is 6.63. The number of urea groups is 1. The molecule has 11 nitrogen and oxygen atoms in total. The largest absolute Gasteiger partial charge is 0.361 e. The summed E-state index contributed by atoms with van der Waals surface area (Å²) in [7, 11) is 6.20. The van der Waals surface area contributed by atoms with E-state index >= 15 is 0 Å². The number of likely N-dealkylation sites (tertiary alicyclic amines) is 1. The second-order valence-electron chi connectivity index (χ2n) is 15.6. The normalized spacial score (nSPS) is 20.6. The maximum absolute atomic E-state index is 13.7. The Morgan fingerprint density at radius 1 is 1.09 bits per heavy atom. The number of rotatable bonds is 8. The number of hydrogen-bond donors (Lipinski definition) is 3. The van der Waals surface area contributed by atoms with Gasteiger partial charge in [0, 0.05) is 86.3 Å². The number of imide groups is 1. The van der Waals surface area contributed by atoms with Crippen LogP contribution in [0.3, 0.4) is 0 Å². The number of carbonyl (C=O) groups excluding carboxylic acids is 2. The average Bonchev–Trinajstić information content (AvgIpc) is 3.72. The van der Waals surface area contributed by atoms with Crippen molar-refractivity contribution >= 4 is 56.4 Å². The van der Waals surface area contributed by atoms with E-state index in [9.17, 15) is 9.59 Å². The zero-order chi connectivity index (χ0) is 38.6. The molecule has 55 heavy (non-hydrogen) atoms. The third-order valence-electron chi connectivity index (χ3n) is 11.4. The summed E-state index contributed by atoms with van der Waals surface area (Å²) in [4.78, 5) is 47.0. The van der Waals surface area contributed by atoms with Crippen LogP contribution in [0.5, 0.6) is 0 Å². The van der Waals surface area contributed by atoms with Gasteiger partial charge in [-0.15, -0.1) is 17.9 Å². The molecule has 3 N–H and O–H groups in total. The number of aromatic amines is 1. The van der Waals surface area contributed by atoms with Crippen molar-refractivity contribution in [3.05, 3.63) is 89.0 Å². The Hall–Kier alpha value is -4.49. The third-order valence-corrected chi connectivity index (χ3v) is 12.4. The summed E-state index contributed by atoms with van der Waals surface area (Å²) in [5.41, 5.74) is 7.20. The van der Waals surface area contributed by atoms with Gasteiger partial charge in [-0.05, 0) is 96.2 Å². The standard InChI is InChI=1S/C26H37N5O2.C17H20N4S/c1-5-11-30-17-19(25(32)31(26(33)27-6-2)13-8-12-29(3)4)14-21-20-9-7-10-22-24(20)18(16-28-22)15-23(21)30;1-12-11-13-16(21-9-7-20(2)8-10-21)18-14-5-3-4-6-15(14)19-17(13)22-12/h5,7,9-10,16,19,21,23,28H,1,6,8,11-15,17H2,2-4H3,(H,27,33);3-6,11,19H,7-10H2,1-2H3/t19-,21-,23-;/m1./s1. The molecular weight excluding hydrogens is 707 g/mol. The molecule has 2 aromatic carbocycles. The molecule has 2 aromatic heterocycles. The van der Waals surface area contributed by atoms with Crippen molar-refractivity contribution in [2.24, 2.45) is 10.9 Å². The Labute approximate surface area is 330 Å². The maximum Gasteiger partial charge on any atom is 0.324 e. The number of thiophene rings is 1. The van der Waals surface area contributed by atoms with Crippen LogP contribution in [0.1, 0.15) is 47.3 Å². The van der Waals surface area contributed by atoms with E-state index < -0.39 is 0 Å². The number of para-hydroxylation sites is 2. The van der Waals surface area contributed by atoms with Crippen molar-refractivity contribution in [2.75, 3.05) is 85.4 Å². The zero-order valence-electron chi connectivity index (χ0n) is 33.1. The van der Waals surface area contributed by atoms with Crippen molar-refractivity contribution in [2.45, 2.75) is 45.1 Å². The molecule has 2 saturated heterocycles. The van der Waals surface area contributed by atoms with Gasteiger partial charge in [0.05, 0.1) is 22.9 Å². The van der Waals surface area contributed by atoms with Gasteiger partial charge in [0.1, 0.15) is 10.8 Å². The van der Waals surface area contributed by atoms with Gasteiger partial charge in [-0.2, -0.15) is 0 Å². The lowest BCUT2D eigenvalue weighted by atomic mass is 9.72. The Morgan fingerprint density at radius 2 is 1.89 bits per heavy atom. The molecule has 8 rings (SSSR count). The maximum atomic E-state index is 13.7. The Morgan fingerprint density at radius 3 is 2.65 bits per heavy atom. The van der Waals surface area contributed by atoms with Crippen LogP contribution in [-0.4, -0.2) is 133 Å². The molecule has 3 atom stereocenters. The molecule has 12 heteroatoms. The quantitative estimate of drug-likeness (QED) is 0.173. The highest BCUT2D eigenvalue weighted by molar-refractivity contribution is 7.16. The minimum Gasteiger partial charge on any atom is -0.361 e. The second kappa shape index (κ2) is 17.1. The van der Waals surface area contributed by atoms with Crippen LogP contribution in [0.25, 0.3) is 10.9 Å². The van der Waals surface area contributed by atoms with Gasteiger partial charge in [0.15, 0.2) is 0 Å². The van der Waals surface area contributed by atoms with E-state index in [0.717, 1.165) is 81.3 Å². The number of amides is 3. The van der Waals surface area contributed by atoms with Crippen molar-refractivity contribution in [1.82, 2.24) is 34.8 Å². The molecule has 292 valence electrons. The fourth-order valence-corrected chi connectivity index (χ4v) is 9.60. The topological polar surface area (TPSA) is 103 Å². The van der Waals surface area contributed by atoms with Crippen molar-refractivity contribution in [3.63, 3.8) is 0 Å². The number of piperazine rings is 1. The number of fused-ring (bicyclic) bond motifs is 4. The number of amidine groups is 1. The Bertz CT molecular complexity index is 2030. The van der Waals surface area contributed by atoms with Crippen LogP contribution >= 0.6 is 11.3 Å². The Kier molecular flexibility index (Phi) is 12.1. The first-order valence-electron chi connectivity index (χ1n) is 19.8. The molecular formula is C43H57N9O2S. The molecule has 5 heterocycles. The summed E-state index contributed by atoms with van der Waals surface area (Å²) in [6, 6.07) is 17.1. The smallest absolute Gasteiger partial charge is 0.324 e. The monoisotopic (exact) mass is 763 g/mol. The van der Waals surface area contributed by atoms with E-state index in [1.165, 1.54) is 36.9 Å². The van der Waals surface area contributed by atoms with Gasteiger partial charge in [0.2, 0.25) is 5.91 Å². The van der Waals surface area contributed by atoms with Gasteiger partial charge < -0.3 is 30.3 Å². The molecule has 4 aromatic rings. The number of aromatic nitrogens is 1. The molecule has 3 aliphatic heterocycles. The van der Waals surface area contributed by atoms with E-state index in [-0.39, 0.29) is 23.8 Å². The summed E-state index contributed by atoms with van der Waals surface area (Å²) in [6.07, 6.45) is 6.56. The van der Waals surface area contributed by atoms with E-state index in [1.54, 1.807) is 11.3 Å². The number of nitrogens with zero attached hydrogens (tertiary/aromatic N) is 6. The van der Waals surface area contributed by atoms with E-state index in [2.05, 4.69) is 110 Å². The predicted molar refractivity (Wildman–Crippen MR) is 226 cm³/mol. The highest BCUT2D eigenvalue weighted by Crippen LogP contribution is 2.45. The highest BCUT2D eigenvalue weighted by atomic mass is 32.1. The molecule has 2 fully saturated rings.